The van der Waals surface area contributed by atoms with E-state index >= 15 is 0 Å². The minimum atomic E-state index is -0.357. The Labute approximate surface area is 123 Å². The molecule has 0 spiro atoms. The fourth-order valence-electron chi connectivity index (χ4n) is 2.35. The van der Waals surface area contributed by atoms with Gasteiger partial charge in [0.05, 0.1) is 10.0 Å². The number of halogens is 2. The molecule has 1 fully saturated rings. The second kappa shape index (κ2) is 5.73. The van der Waals surface area contributed by atoms with E-state index in [1.54, 1.807) is 6.07 Å². The van der Waals surface area contributed by atoms with Gasteiger partial charge in [0.1, 0.15) is 5.82 Å². The lowest BCUT2D eigenvalue weighted by Crippen LogP contribution is -2.44. The van der Waals surface area contributed by atoms with Crippen LogP contribution in [-0.4, -0.2) is 23.0 Å². The monoisotopic (exact) mass is 300 g/mol. The van der Waals surface area contributed by atoms with Crippen LogP contribution in [0.3, 0.4) is 0 Å². The molecule has 1 aromatic carbocycles. The third-order valence-electron chi connectivity index (χ3n) is 3.94. The van der Waals surface area contributed by atoms with Crippen LogP contribution in [0.4, 0.5) is 4.39 Å². The van der Waals surface area contributed by atoms with Gasteiger partial charge in [-0.2, -0.15) is 0 Å². The Morgan fingerprint density at radius 2 is 2.11 bits per heavy atom. The number of benzene rings is 1. The Hall–Kier alpha value is -0.710. The molecule has 0 unspecified atom stereocenters. The number of likely N-dealkylation sites (tertiary alicyclic amines) is 1. The first kappa shape index (κ1) is 14.7. The summed E-state index contributed by atoms with van der Waals surface area (Å²) in [7, 11) is 0. The highest BCUT2D eigenvalue weighted by molar-refractivity contribution is 7.80. The normalized spacial score (nSPS) is 19.3. The smallest absolute Gasteiger partial charge is 0.142 e. The summed E-state index contributed by atoms with van der Waals surface area (Å²) < 4.78 is 13.4. The molecule has 1 aliphatic heterocycles. The summed E-state index contributed by atoms with van der Waals surface area (Å²) >= 11 is 10.8. The van der Waals surface area contributed by atoms with E-state index in [4.69, 9.17) is 29.6 Å². The number of hydrogen-bond acceptors (Lipinski definition) is 2. The average Bonchev–Trinajstić information content (AvgIpc) is 2.37. The predicted molar refractivity (Wildman–Crippen MR) is 80.8 cm³/mol. The van der Waals surface area contributed by atoms with E-state index in [1.807, 2.05) is 6.07 Å². The largest absolute Gasteiger partial charge is 0.393 e. The van der Waals surface area contributed by atoms with Crippen molar-refractivity contribution >= 4 is 28.8 Å². The summed E-state index contributed by atoms with van der Waals surface area (Å²) in [4.78, 5) is 2.90. The minimum absolute atomic E-state index is 0.0307. The Bertz CT molecular complexity index is 484. The van der Waals surface area contributed by atoms with E-state index in [0.29, 0.717) is 4.99 Å². The van der Waals surface area contributed by atoms with Crippen molar-refractivity contribution in [1.82, 2.24) is 4.90 Å². The zero-order valence-corrected chi connectivity index (χ0v) is 12.5. The Morgan fingerprint density at radius 1 is 1.47 bits per heavy atom. The van der Waals surface area contributed by atoms with Gasteiger partial charge < -0.3 is 5.73 Å². The molecule has 19 heavy (non-hydrogen) atoms. The van der Waals surface area contributed by atoms with E-state index in [2.05, 4.69) is 11.8 Å². The topological polar surface area (TPSA) is 29.3 Å². The van der Waals surface area contributed by atoms with E-state index < -0.39 is 0 Å². The lowest BCUT2D eigenvalue weighted by Gasteiger charge is -2.38. The van der Waals surface area contributed by atoms with Crippen LogP contribution in [0.5, 0.6) is 0 Å². The van der Waals surface area contributed by atoms with Gasteiger partial charge in [-0.05, 0) is 43.6 Å². The lowest BCUT2D eigenvalue weighted by molar-refractivity contribution is 0.158. The van der Waals surface area contributed by atoms with Crippen molar-refractivity contribution in [3.8, 4) is 0 Å². The van der Waals surface area contributed by atoms with E-state index in [1.165, 1.54) is 6.07 Å². The minimum Gasteiger partial charge on any atom is -0.393 e. The van der Waals surface area contributed by atoms with E-state index in [9.17, 15) is 4.39 Å². The van der Waals surface area contributed by atoms with Crippen LogP contribution in [0, 0.1) is 11.2 Å². The molecule has 104 valence electrons. The maximum absolute atomic E-state index is 13.4. The number of nitrogens with two attached hydrogens (primary N) is 1. The Morgan fingerprint density at radius 3 is 2.63 bits per heavy atom. The third kappa shape index (κ3) is 3.44. The maximum Gasteiger partial charge on any atom is 0.142 e. The molecular weight excluding hydrogens is 283 g/mol. The molecule has 2 rings (SSSR count). The number of hydrogen-bond donors (Lipinski definition) is 1. The van der Waals surface area contributed by atoms with Gasteiger partial charge in [0.15, 0.2) is 0 Å². The molecule has 1 saturated heterocycles. The van der Waals surface area contributed by atoms with Crippen molar-refractivity contribution in [3.05, 3.63) is 34.6 Å². The quantitative estimate of drug-likeness (QED) is 0.868. The van der Waals surface area contributed by atoms with Crippen molar-refractivity contribution in [1.29, 1.82) is 0 Å². The average molecular weight is 301 g/mol. The molecule has 0 bridgehead atoms. The van der Waals surface area contributed by atoms with Crippen LogP contribution in [0.1, 0.15) is 25.3 Å². The molecule has 1 heterocycles. The first-order valence-corrected chi connectivity index (χ1v) is 7.15. The zero-order valence-electron chi connectivity index (χ0n) is 11.0. The third-order valence-corrected chi connectivity index (χ3v) is 4.74. The van der Waals surface area contributed by atoms with Gasteiger partial charge in [0.2, 0.25) is 0 Å². The van der Waals surface area contributed by atoms with Gasteiger partial charge in [0.25, 0.3) is 0 Å². The summed E-state index contributed by atoms with van der Waals surface area (Å²) in [5.74, 6) is -0.357. The lowest BCUT2D eigenvalue weighted by atomic mass is 9.80. The number of nitrogens with zero attached hydrogens (tertiary/aromatic N) is 1. The molecule has 1 aromatic rings. The van der Waals surface area contributed by atoms with Crippen LogP contribution < -0.4 is 5.73 Å². The summed E-state index contributed by atoms with van der Waals surface area (Å²) in [6.45, 7) is 4.71. The highest BCUT2D eigenvalue weighted by Gasteiger charge is 2.32. The van der Waals surface area contributed by atoms with Gasteiger partial charge in [0, 0.05) is 12.0 Å². The fraction of sp³-hybridized carbons (Fsp3) is 0.500. The molecule has 0 amide bonds. The van der Waals surface area contributed by atoms with Crippen LogP contribution in [0.25, 0.3) is 0 Å². The van der Waals surface area contributed by atoms with Crippen molar-refractivity contribution in [2.45, 2.75) is 26.3 Å². The van der Waals surface area contributed by atoms with E-state index in [0.717, 1.165) is 38.0 Å². The number of thiocarbonyl (C=S) groups is 1. The predicted octanol–water partition coefficient (Wildman–Crippen LogP) is 3.37. The van der Waals surface area contributed by atoms with Gasteiger partial charge in [-0.1, -0.05) is 36.8 Å². The summed E-state index contributed by atoms with van der Waals surface area (Å²) in [5, 5.41) is 0.170. The maximum atomic E-state index is 13.4. The fourth-order valence-corrected chi connectivity index (χ4v) is 2.67. The first-order valence-electron chi connectivity index (χ1n) is 6.37. The van der Waals surface area contributed by atoms with Crippen molar-refractivity contribution in [2.24, 2.45) is 11.1 Å². The van der Waals surface area contributed by atoms with Gasteiger partial charge >= 0.3 is 0 Å². The second-order valence-electron chi connectivity index (χ2n) is 5.45. The van der Waals surface area contributed by atoms with Gasteiger partial charge in [-0.25, -0.2) is 4.39 Å². The van der Waals surface area contributed by atoms with Crippen LogP contribution in [0.15, 0.2) is 18.2 Å². The molecule has 0 radical (unpaired) electrons. The van der Waals surface area contributed by atoms with Gasteiger partial charge in [-0.15, -0.1) is 0 Å². The summed E-state index contributed by atoms with van der Waals surface area (Å²) in [6.07, 6.45) is 1.91. The molecule has 5 heteroatoms. The van der Waals surface area contributed by atoms with Crippen molar-refractivity contribution < 1.29 is 4.39 Å². The second-order valence-corrected chi connectivity index (χ2v) is 6.30. The number of piperidine rings is 1. The molecule has 0 atom stereocenters. The number of rotatable bonds is 3. The Kier molecular flexibility index (Phi) is 4.43. The molecule has 0 aromatic heterocycles. The Balaban J connectivity index is 1.95. The first-order chi connectivity index (χ1) is 8.90. The molecule has 0 aliphatic carbocycles. The molecule has 1 aliphatic rings. The zero-order chi connectivity index (χ0) is 14.0. The molecule has 2 nitrogen and oxygen atoms in total. The standard InChI is InChI=1S/C14H18ClFN2S/c1-14(13(17)19)4-6-18(7-5-14)9-10-2-3-11(15)12(16)8-10/h2-3,8H,4-7,9H2,1H3,(H2,17,19). The van der Waals surface area contributed by atoms with E-state index in [-0.39, 0.29) is 16.3 Å². The van der Waals surface area contributed by atoms with Crippen LogP contribution >= 0.6 is 23.8 Å². The molecular formula is C14H18ClFN2S. The summed E-state index contributed by atoms with van der Waals surface area (Å²) in [5.41, 5.74) is 6.70. The van der Waals surface area contributed by atoms with Crippen molar-refractivity contribution in [3.63, 3.8) is 0 Å². The summed E-state index contributed by atoms with van der Waals surface area (Å²) in [6, 6.07) is 4.98. The molecule has 2 N–H and O–H groups in total. The van der Waals surface area contributed by atoms with Gasteiger partial charge in [-0.3, -0.25) is 4.90 Å². The van der Waals surface area contributed by atoms with Crippen LogP contribution in [-0.2, 0) is 6.54 Å². The molecule has 0 saturated carbocycles. The SMILES string of the molecule is CC1(C(N)=S)CCN(Cc2ccc(Cl)c(F)c2)CC1. The highest BCUT2D eigenvalue weighted by Crippen LogP contribution is 2.31. The highest BCUT2D eigenvalue weighted by atomic mass is 35.5. The van der Waals surface area contributed by atoms with Crippen molar-refractivity contribution in [2.75, 3.05) is 13.1 Å². The van der Waals surface area contributed by atoms with Crippen LogP contribution in [0.2, 0.25) is 5.02 Å².